The monoisotopic (exact) mass is 698 g/mol. The van der Waals surface area contributed by atoms with E-state index in [1.165, 1.54) is 0 Å². The Kier molecular flexibility index (Phi) is 13.5. The van der Waals surface area contributed by atoms with Crippen molar-refractivity contribution in [2.75, 3.05) is 13.2 Å². The molecule has 0 aliphatic heterocycles. The van der Waals surface area contributed by atoms with Gasteiger partial charge in [-0.05, 0) is 104 Å². The molecule has 0 saturated heterocycles. The molecule has 0 N–H and O–H groups in total. The van der Waals surface area contributed by atoms with Crippen LogP contribution in [0.15, 0.2) is 153 Å². The summed E-state index contributed by atoms with van der Waals surface area (Å²) >= 11 is 0. The summed E-state index contributed by atoms with van der Waals surface area (Å²) in [4.78, 5) is 25.6. The minimum Gasteiger partial charge on any atom is -0.493 e. The standard InChI is InChI=1S/C44H42O8/c1-4-6-29-47-38-21-25-40(26-22-38)51-42(45)35-17-13-33(14-18-35)31-49-44(3,37-11-9-8-10-12-37)50-32-34-15-19-36(20-16-34)43(46)52-41-27-23-39(24-28-41)48-30-7-5-2/h4-5,8-28H,1-2,6-7,29-32H2,3H3. The van der Waals surface area contributed by atoms with Crippen LogP contribution in [0.2, 0.25) is 0 Å². The highest BCUT2D eigenvalue weighted by Gasteiger charge is 2.29. The number of ether oxygens (including phenoxy) is 6. The van der Waals surface area contributed by atoms with Crippen LogP contribution in [0, 0.1) is 0 Å². The zero-order valence-electron chi connectivity index (χ0n) is 29.2. The number of carbonyl (C=O) groups is 2. The predicted octanol–water partition coefficient (Wildman–Crippen LogP) is 9.64. The van der Waals surface area contributed by atoms with Crippen molar-refractivity contribution in [3.05, 3.63) is 181 Å². The van der Waals surface area contributed by atoms with Gasteiger partial charge in [0, 0.05) is 5.56 Å². The summed E-state index contributed by atoms with van der Waals surface area (Å²) in [6.45, 7) is 10.7. The number of esters is 2. The minimum absolute atomic E-state index is 0.223. The molecule has 52 heavy (non-hydrogen) atoms. The van der Waals surface area contributed by atoms with E-state index in [1.807, 2.05) is 61.5 Å². The molecule has 0 amide bonds. The lowest BCUT2D eigenvalue weighted by Gasteiger charge is -2.31. The molecule has 0 aliphatic rings. The van der Waals surface area contributed by atoms with Crippen LogP contribution in [0.4, 0.5) is 0 Å². The van der Waals surface area contributed by atoms with Gasteiger partial charge >= 0.3 is 11.9 Å². The molecule has 8 nitrogen and oxygen atoms in total. The van der Waals surface area contributed by atoms with Gasteiger partial charge in [-0.25, -0.2) is 9.59 Å². The lowest BCUT2D eigenvalue weighted by atomic mass is 10.1. The zero-order valence-corrected chi connectivity index (χ0v) is 29.2. The van der Waals surface area contributed by atoms with Crippen LogP contribution in [0.5, 0.6) is 23.0 Å². The Morgan fingerprint density at radius 1 is 0.538 bits per heavy atom. The summed E-state index contributed by atoms with van der Waals surface area (Å²) in [5, 5.41) is 0. The summed E-state index contributed by atoms with van der Waals surface area (Å²) in [5.74, 6) is 0.194. The van der Waals surface area contributed by atoms with Crippen LogP contribution in [0.1, 0.15) is 57.2 Å². The SMILES string of the molecule is C=CCCOc1ccc(OC(=O)c2ccc(COC(C)(OCc3ccc(C(=O)Oc4ccc(OCCC=C)cc4)cc3)c3ccccc3)cc2)cc1. The molecule has 0 fully saturated rings. The van der Waals surface area contributed by atoms with Crippen molar-refractivity contribution < 1.29 is 38.0 Å². The average Bonchev–Trinajstić information content (AvgIpc) is 3.18. The molecule has 5 aromatic carbocycles. The fourth-order valence-electron chi connectivity index (χ4n) is 4.93. The first kappa shape index (κ1) is 37.3. The maximum Gasteiger partial charge on any atom is 0.343 e. The summed E-state index contributed by atoms with van der Waals surface area (Å²) in [5.41, 5.74) is 3.35. The second kappa shape index (κ2) is 18.9. The van der Waals surface area contributed by atoms with Gasteiger partial charge in [0.15, 0.2) is 5.79 Å². The second-order valence-corrected chi connectivity index (χ2v) is 11.9. The topological polar surface area (TPSA) is 89.5 Å². The van der Waals surface area contributed by atoms with Gasteiger partial charge in [0.05, 0.1) is 37.6 Å². The van der Waals surface area contributed by atoms with Crippen LogP contribution < -0.4 is 18.9 Å². The molecule has 0 bridgehead atoms. The van der Waals surface area contributed by atoms with E-state index in [-0.39, 0.29) is 13.2 Å². The van der Waals surface area contributed by atoms with E-state index in [1.54, 1.807) is 84.9 Å². The Labute approximate surface area is 304 Å². The third-order valence-electron chi connectivity index (χ3n) is 7.96. The summed E-state index contributed by atoms with van der Waals surface area (Å²) in [7, 11) is 0. The van der Waals surface area contributed by atoms with E-state index in [2.05, 4.69) is 13.2 Å². The van der Waals surface area contributed by atoms with Gasteiger partial charge in [0.1, 0.15) is 23.0 Å². The maximum atomic E-state index is 12.8. The first-order valence-electron chi connectivity index (χ1n) is 17.0. The van der Waals surface area contributed by atoms with Crippen LogP contribution in [-0.4, -0.2) is 25.2 Å². The highest BCUT2D eigenvalue weighted by Crippen LogP contribution is 2.30. The van der Waals surface area contributed by atoms with E-state index in [0.29, 0.717) is 47.3 Å². The largest absolute Gasteiger partial charge is 0.493 e. The maximum absolute atomic E-state index is 12.8. The molecule has 0 radical (unpaired) electrons. The molecule has 0 atom stereocenters. The third-order valence-corrected chi connectivity index (χ3v) is 7.96. The van der Waals surface area contributed by atoms with Gasteiger partial charge in [-0.1, -0.05) is 66.7 Å². The summed E-state index contributed by atoms with van der Waals surface area (Å²) < 4.78 is 35.1. The minimum atomic E-state index is -1.10. The molecule has 0 aliphatic carbocycles. The zero-order chi connectivity index (χ0) is 36.6. The van der Waals surface area contributed by atoms with Crippen molar-refractivity contribution >= 4 is 11.9 Å². The smallest absolute Gasteiger partial charge is 0.343 e. The fourth-order valence-corrected chi connectivity index (χ4v) is 4.93. The Bertz CT molecular complexity index is 1760. The van der Waals surface area contributed by atoms with Crippen LogP contribution in [0.3, 0.4) is 0 Å². The number of carbonyl (C=O) groups excluding carboxylic acids is 2. The lowest BCUT2D eigenvalue weighted by Crippen LogP contribution is -2.29. The molecule has 0 heterocycles. The molecule has 0 unspecified atom stereocenters. The summed E-state index contributed by atoms with van der Waals surface area (Å²) in [6.07, 6.45) is 5.08. The van der Waals surface area contributed by atoms with Crippen molar-refractivity contribution in [1.29, 1.82) is 0 Å². The van der Waals surface area contributed by atoms with Crippen molar-refractivity contribution in [1.82, 2.24) is 0 Å². The van der Waals surface area contributed by atoms with E-state index < -0.39 is 17.7 Å². The quantitative estimate of drug-likeness (QED) is 0.0277. The molecule has 0 spiro atoms. The fraction of sp³-hybridized carbons (Fsp3) is 0.182. The molecule has 5 aromatic rings. The van der Waals surface area contributed by atoms with Gasteiger partial charge in [-0.3, -0.25) is 0 Å². The first-order valence-corrected chi connectivity index (χ1v) is 17.0. The number of hydrogen-bond acceptors (Lipinski definition) is 8. The van der Waals surface area contributed by atoms with E-state index in [9.17, 15) is 9.59 Å². The van der Waals surface area contributed by atoms with E-state index in [4.69, 9.17) is 28.4 Å². The Morgan fingerprint density at radius 3 is 1.31 bits per heavy atom. The van der Waals surface area contributed by atoms with E-state index >= 15 is 0 Å². The van der Waals surface area contributed by atoms with Crippen molar-refractivity contribution in [2.45, 2.75) is 38.8 Å². The molecule has 5 rings (SSSR count). The molecule has 0 aromatic heterocycles. The molecule has 0 saturated carbocycles. The molecular weight excluding hydrogens is 656 g/mol. The first-order chi connectivity index (χ1) is 25.3. The Balaban J connectivity index is 1.15. The normalized spacial score (nSPS) is 10.9. The highest BCUT2D eigenvalue weighted by atomic mass is 16.7. The van der Waals surface area contributed by atoms with Crippen LogP contribution in [-0.2, 0) is 28.5 Å². The Hall–Kier alpha value is -5.96. The van der Waals surface area contributed by atoms with Gasteiger partial charge in [-0.15, -0.1) is 13.2 Å². The predicted molar refractivity (Wildman–Crippen MR) is 200 cm³/mol. The second-order valence-electron chi connectivity index (χ2n) is 11.9. The van der Waals surface area contributed by atoms with E-state index in [0.717, 1.165) is 29.5 Å². The lowest BCUT2D eigenvalue weighted by molar-refractivity contribution is -0.248. The third kappa shape index (κ3) is 11.0. The van der Waals surface area contributed by atoms with Crippen molar-refractivity contribution in [3.8, 4) is 23.0 Å². The number of rotatable bonds is 19. The number of benzene rings is 5. The average molecular weight is 699 g/mol. The molecular formula is C44H42O8. The van der Waals surface area contributed by atoms with Gasteiger partial charge < -0.3 is 28.4 Å². The number of hydrogen-bond donors (Lipinski definition) is 0. The summed E-state index contributed by atoms with van der Waals surface area (Å²) in [6, 6.07) is 37.6. The van der Waals surface area contributed by atoms with Gasteiger partial charge in [0.25, 0.3) is 0 Å². The highest BCUT2D eigenvalue weighted by molar-refractivity contribution is 5.91. The van der Waals surface area contributed by atoms with Gasteiger partial charge in [0.2, 0.25) is 0 Å². The van der Waals surface area contributed by atoms with Gasteiger partial charge in [-0.2, -0.15) is 0 Å². The molecule has 8 heteroatoms. The van der Waals surface area contributed by atoms with Crippen molar-refractivity contribution in [3.63, 3.8) is 0 Å². The Morgan fingerprint density at radius 2 is 0.923 bits per heavy atom. The van der Waals surface area contributed by atoms with Crippen LogP contribution >= 0.6 is 0 Å². The van der Waals surface area contributed by atoms with Crippen molar-refractivity contribution in [2.24, 2.45) is 0 Å². The van der Waals surface area contributed by atoms with Crippen LogP contribution in [0.25, 0.3) is 0 Å². The molecule has 266 valence electrons.